The van der Waals surface area contributed by atoms with E-state index in [9.17, 15) is 4.79 Å². The number of hydrogen-bond donors (Lipinski definition) is 2. The average molecular weight is 253 g/mol. The lowest BCUT2D eigenvalue weighted by atomic mass is 10.2. The molecule has 18 heavy (non-hydrogen) atoms. The van der Waals surface area contributed by atoms with Crippen molar-refractivity contribution in [2.24, 2.45) is 0 Å². The van der Waals surface area contributed by atoms with Gasteiger partial charge in [-0.15, -0.1) is 0 Å². The maximum absolute atomic E-state index is 11.5. The maximum Gasteiger partial charge on any atom is 0.227 e. The Kier molecular flexibility index (Phi) is 4.72. The summed E-state index contributed by atoms with van der Waals surface area (Å²) < 4.78 is 10.8. The minimum Gasteiger partial charge on any atom is -0.378 e. The van der Waals surface area contributed by atoms with Crippen molar-refractivity contribution in [2.45, 2.75) is 32.3 Å². The van der Waals surface area contributed by atoms with E-state index in [-0.39, 0.29) is 12.0 Å². The second kappa shape index (κ2) is 6.51. The van der Waals surface area contributed by atoms with E-state index < -0.39 is 0 Å². The molecule has 6 heteroatoms. The molecule has 2 rings (SSSR count). The number of carbonyl (C=O) groups is 1. The molecular formula is C12H19N3O3. The molecule has 2 N–H and O–H groups in total. The summed E-state index contributed by atoms with van der Waals surface area (Å²) in [5.41, 5.74) is 0.917. The first-order chi connectivity index (χ1) is 8.74. The molecule has 1 atom stereocenters. The summed E-state index contributed by atoms with van der Waals surface area (Å²) in [6, 6.07) is 1.78. The smallest absolute Gasteiger partial charge is 0.227 e. The van der Waals surface area contributed by atoms with Gasteiger partial charge in [0.25, 0.3) is 0 Å². The Balaban J connectivity index is 1.57. The Morgan fingerprint density at radius 3 is 3.28 bits per heavy atom. The number of aryl methyl sites for hydroxylation is 1. The van der Waals surface area contributed by atoms with Crippen LogP contribution in [0, 0.1) is 6.92 Å². The highest BCUT2D eigenvalue weighted by Gasteiger charge is 2.15. The van der Waals surface area contributed by atoms with E-state index >= 15 is 0 Å². The number of ether oxygens (including phenoxy) is 2. The van der Waals surface area contributed by atoms with Crippen molar-refractivity contribution in [3.8, 4) is 0 Å². The van der Waals surface area contributed by atoms with Gasteiger partial charge in [-0.05, 0) is 19.8 Å². The second-order valence-corrected chi connectivity index (χ2v) is 4.44. The molecule has 100 valence electrons. The summed E-state index contributed by atoms with van der Waals surface area (Å²) in [6.07, 6.45) is 2.70. The summed E-state index contributed by atoms with van der Waals surface area (Å²) in [4.78, 5) is 11.5. The highest BCUT2D eigenvalue weighted by Crippen LogP contribution is 2.12. The van der Waals surface area contributed by atoms with Gasteiger partial charge in [-0.2, -0.15) is 5.10 Å². The van der Waals surface area contributed by atoms with Gasteiger partial charge in [0.2, 0.25) is 5.91 Å². The predicted molar refractivity (Wildman–Crippen MR) is 66.4 cm³/mol. The van der Waals surface area contributed by atoms with Crippen LogP contribution in [-0.4, -0.2) is 42.0 Å². The molecule has 0 aliphatic carbocycles. The molecule has 1 aliphatic heterocycles. The molecule has 0 spiro atoms. The van der Waals surface area contributed by atoms with E-state index in [1.807, 2.05) is 6.92 Å². The SMILES string of the molecule is Cc1cc(NC(=O)CCOCC2CCCO2)n[nH]1. The van der Waals surface area contributed by atoms with Crippen LogP contribution in [0.25, 0.3) is 0 Å². The van der Waals surface area contributed by atoms with Gasteiger partial charge in [-0.3, -0.25) is 9.89 Å². The number of aromatic nitrogens is 2. The number of aromatic amines is 1. The molecule has 0 aromatic carbocycles. The number of rotatable bonds is 6. The monoisotopic (exact) mass is 253 g/mol. The van der Waals surface area contributed by atoms with Gasteiger partial charge in [-0.1, -0.05) is 0 Å². The summed E-state index contributed by atoms with van der Waals surface area (Å²) in [6.45, 7) is 3.70. The lowest BCUT2D eigenvalue weighted by molar-refractivity contribution is -0.117. The van der Waals surface area contributed by atoms with Gasteiger partial charge in [0.05, 0.1) is 25.7 Å². The molecule has 1 unspecified atom stereocenters. The fourth-order valence-corrected chi connectivity index (χ4v) is 1.84. The summed E-state index contributed by atoms with van der Waals surface area (Å²) in [5, 5.41) is 9.39. The minimum atomic E-state index is -0.0890. The van der Waals surface area contributed by atoms with E-state index in [1.165, 1.54) is 0 Å². The first kappa shape index (κ1) is 13.0. The van der Waals surface area contributed by atoms with Crippen molar-refractivity contribution in [2.75, 3.05) is 25.1 Å². The van der Waals surface area contributed by atoms with Crippen molar-refractivity contribution < 1.29 is 14.3 Å². The summed E-state index contributed by atoms with van der Waals surface area (Å²) in [7, 11) is 0. The van der Waals surface area contributed by atoms with Crippen LogP contribution in [0.1, 0.15) is 25.0 Å². The Hall–Kier alpha value is -1.40. The highest BCUT2D eigenvalue weighted by molar-refractivity contribution is 5.89. The van der Waals surface area contributed by atoms with Crippen LogP contribution >= 0.6 is 0 Å². The molecule has 1 fully saturated rings. The van der Waals surface area contributed by atoms with E-state index in [1.54, 1.807) is 6.07 Å². The summed E-state index contributed by atoms with van der Waals surface area (Å²) in [5.74, 6) is 0.463. The zero-order valence-electron chi connectivity index (χ0n) is 10.6. The number of nitrogens with one attached hydrogen (secondary N) is 2. The molecule has 1 amide bonds. The van der Waals surface area contributed by atoms with Gasteiger partial charge in [0.1, 0.15) is 0 Å². The van der Waals surface area contributed by atoms with Crippen molar-refractivity contribution in [1.29, 1.82) is 0 Å². The minimum absolute atomic E-state index is 0.0890. The standard InChI is InChI=1S/C12H19N3O3/c1-9-7-11(15-14-9)13-12(16)4-6-17-8-10-3-2-5-18-10/h7,10H,2-6,8H2,1H3,(H2,13,14,15,16). The average Bonchev–Trinajstić information content (AvgIpc) is 2.96. The van der Waals surface area contributed by atoms with Crippen molar-refractivity contribution >= 4 is 11.7 Å². The van der Waals surface area contributed by atoms with Crippen molar-refractivity contribution in [3.05, 3.63) is 11.8 Å². The Morgan fingerprint density at radius 2 is 2.61 bits per heavy atom. The lowest BCUT2D eigenvalue weighted by Gasteiger charge is -2.09. The van der Waals surface area contributed by atoms with Gasteiger partial charge in [-0.25, -0.2) is 0 Å². The molecule has 6 nitrogen and oxygen atoms in total. The zero-order valence-corrected chi connectivity index (χ0v) is 10.6. The molecule has 1 saturated heterocycles. The van der Waals surface area contributed by atoms with Gasteiger partial charge < -0.3 is 14.8 Å². The third kappa shape index (κ3) is 4.12. The first-order valence-corrected chi connectivity index (χ1v) is 6.25. The molecule has 1 aliphatic rings. The van der Waals surface area contributed by atoms with Gasteiger partial charge in [0, 0.05) is 18.4 Å². The molecule has 0 bridgehead atoms. The van der Waals surface area contributed by atoms with Crippen molar-refractivity contribution in [1.82, 2.24) is 10.2 Å². The number of nitrogens with zero attached hydrogens (tertiary/aromatic N) is 1. The fourth-order valence-electron chi connectivity index (χ4n) is 1.84. The first-order valence-electron chi connectivity index (χ1n) is 6.25. The van der Waals surface area contributed by atoms with E-state index in [0.717, 1.165) is 25.1 Å². The van der Waals surface area contributed by atoms with Crippen LogP contribution in [0.2, 0.25) is 0 Å². The Morgan fingerprint density at radius 1 is 1.72 bits per heavy atom. The molecule has 2 heterocycles. The molecular weight excluding hydrogens is 234 g/mol. The normalized spacial score (nSPS) is 19.1. The Bertz CT molecular complexity index is 386. The lowest BCUT2D eigenvalue weighted by Crippen LogP contribution is -2.18. The largest absolute Gasteiger partial charge is 0.378 e. The Labute approximate surface area is 106 Å². The quantitative estimate of drug-likeness (QED) is 0.748. The third-order valence-electron chi connectivity index (χ3n) is 2.77. The van der Waals surface area contributed by atoms with Crippen molar-refractivity contribution in [3.63, 3.8) is 0 Å². The predicted octanol–water partition coefficient (Wildman–Crippen LogP) is 1.24. The van der Waals surface area contributed by atoms with Crippen LogP contribution in [0.15, 0.2) is 6.07 Å². The van der Waals surface area contributed by atoms with Crippen LogP contribution < -0.4 is 5.32 Å². The number of amides is 1. The number of H-pyrrole nitrogens is 1. The van der Waals surface area contributed by atoms with Crippen LogP contribution in [0.3, 0.4) is 0 Å². The van der Waals surface area contributed by atoms with E-state index in [0.29, 0.717) is 25.5 Å². The fraction of sp³-hybridized carbons (Fsp3) is 0.667. The topological polar surface area (TPSA) is 76.2 Å². The number of hydrogen-bond acceptors (Lipinski definition) is 4. The zero-order chi connectivity index (χ0) is 12.8. The molecule has 1 aromatic heterocycles. The maximum atomic E-state index is 11.5. The number of carbonyl (C=O) groups excluding carboxylic acids is 1. The molecule has 1 aromatic rings. The van der Waals surface area contributed by atoms with E-state index in [4.69, 9.17) is 9.47 Å². The summed E-state index contributed by atoms with van der Waals surface area (Å²) >= 11 is 0. The molecule has 0 radical (unpaired) electrons. The van der Waals surface area contributed by atoms with Crippen LogP contribution in [-0.2, 0) is 14.3 Å². The second-order valence-electron chi connectivity index (χ2n) is 4.44. The number of anilines is 1. The van der Waals surface area contributed by atoms with E-state index in [2.05, 4.69) is 15.5 Å². The van der Waals surface area contributed by atoms with Gasteiger partial charge in [0.15, 0.2) is 5.82 Å². The third-order valence-corrected chi connectivity index (χ3v) is 2.77. The van der Waals surface area contributed by atoms with Gasteiger partial charge >= 0.3 is 0 Å². The molecule has 0 saturated carbocycles. The van der Waals surface area contributed by atoms with Crippen LogP contribution in [0.4, 0.5) is 5.82 Å². The highest BCUT2D eigenvalue weighted by atomic mass is 16.5. The van der Waals surface area contributed by atoms with Crippen LogP contribution in [0.5, 0.6) is 0 Å².